The van der Waals surface area contributed by atoms with Gasteiger partial charge in [-0.3, -0.25) is 0 Å². The van der Waals surface area contributed by atoms with Crippen LogP contribution < -0.4 is 4.90 Å². The number of nitrogens with zero attached hydrogens (tertiary/aromatic N) is 5. The molecule has 1 fully saturated rings. The molecule has 0 aliphatic carbocycles. The Labute approximate surface area is 134 Å². The third-order valence-corrected chi connectivity index (χ3v) is 4.23. The molecule has 23 heavy (non-hydrogen) atoms. The van der Waals surface area contributed by atoms with E-state index in [-0.39, 0.29) is 0 Å². The van der Waals surface area contributed by atoms with Gasteiger partial charge in [-0.1, -0.05) is 6.07 Å². The summed E-state index contributed by atoms with van der Waals surface area (Å²) in [6, 6.07) is 6.30. The molecule has 0 amide bonds. The Hall–Kier alpha value is -2.47. The van der Waals surface area contributed by atoms with Crippen molar-refractivity contribution in [2.45, 2.75) is 6.92 Å². The van der Waals surface area contributed by atoms with E-state index >= 15 is 0 Å². The molecule has 118 valence electrons. The van der Waals surface area contributed by atoms with Gasteiger partial charge in [0.15, 0.2) is 0 Å². The lowest BCUT2D eigenvalue weighted by Crippen LogP contribution is -2.37. The zero-order valence-corrected chi connectivity index (χ0v) is 13.4. The van der Waals surface area contributed by atoms with Crippen LogP contribution in [0.1, 0.15) is 5.56 Å². The van der Waals surface area contributed by atoms with Crippen molar-refractivity contribution in [3.8, 4) is 11.4 Å². The van der Waals surface area contributed by atoms with Gasteiger partial charge in [0.2, 0.25) is 5.95 Å². The molecular weight excluding hydrogens is 290 g/mol. The molecule has 0 unspecified atom stereocenters. The minimum atomic E-state index is 0.731. The molecule has 2 aromatic heterocycles. The second-order valence-electron chi connectivity index (χ2n) is 5.86. The number of ether oxygens (including phenoxy) is 1. The molecule has 3 heterocycles. The lowest BCUT2D eigenvalue weighted by molar-refractivity contribution is 0.122. The Balaban J connectivity index is 1.69. The van der Waals surface area contributed by atoms with Crippen molar-refractivity contribution < 1.29 is 4.74 Å². The van der Waals surface area contributed by atoms with E-state index in [0.717, 1.165) is 54.7 Å². The number of rotatable bonds is 2. The summed E-state index contributed by atoms with van der Waals surface area (Å²) in [5.41, 5.74) is 4.25. The topological polar surface area (TPSA) is 56.1 Å². The average molecular weight is 309 g/mol. The number of aromatic nitrogens is 4. The zero-order chi connectivity index (χ0) is 15.8. The van der Waals surface area contributed by atoms with Gasteiger partial charge in [0.05, 0.1) is 29.8 Å². The molecule has 3 aromatic rings. The lowest BCUT2D eigenvalue weighted by Gasteiger charge is -2.26. The predicted octanol–water partition coefficient (Wildman–Crippen LogP) is 2.18. The van der Waals surface area contributed by atoms with Crippen LogP contribution in [0.15, 0.2) is 30.6 Å². The highest BCUT2D eigenvalue weighted by Crippen LogP contribution is 2.24. The van der Waals surface area contributed by atoms with E-state index in [1.54, 1.807) is 0 Å². The Morgan fingerprint density at radius 3 is 2.57 bits per heavy atom. The van der Waals surface area contributed by atoms with Crippen LogP contribution in [0, 0.1) is 6.92 Å². The summed E-state index contributed by atoms with van der Waals surface area (Å²) in [4.78, 5) is 15.9. The minimum Gasteiger partial charge on any atom is -0.378 e. The predicted molar refractivity (Wildman–Crippen MR) is 89.5 cm³/mol. The smallest absolute Gasteiger partial charge is 0.225 e. The van der Waals surface area contributed by atoms with Gasteiger partial charge in [-0.2, -0.15) is 0 Å². The standard InChI is InChI=1S/C17H19N5O/c1-12-3-4-15-14(9-12)20-16(21(15)2)13-10-18-17(19-11-13)22-5-7-23-8-6-22/h3-4,9-11H,5-8H2,1-2H3. The summed E-state index contributed by atoms with van der Waals surface area (Å²) in [7, 11) is 2.02. The largest absolute Gasteiger partial charge is 0.378 e. The van der Waals surface area contributed by atoms with E-state index in [1.165, 1.54) is 5.56 Å². The quantitative estimate of drug-likeness (QED) is 0.726. The number of fused-ring (bicyclic) bond motifs is 1. The Morgan fingerprint density at radius 1 is 1.09 bits per heavy atom. The van der Waals surface area contributed by atoms with Crippen molar-refractivity contribution >= 4 is 17.0 Å². The van der Waals surface area contributed by atoms with Gasteiger partial charge in [0.1, 0.15) is 5.82 Å². The minimum absolute atomic E-state index is 0.731. The van der Waals surface area contributed by atoms with Crippen LogP contribution >= 0.6 is 0 Å². The first-order chi connectivity index (χ1) is 11.2. The number of hydrogen-bond donors (Lipinski definition) is 0. The van der Waals surface area contributed by atoms with Crippen molar-refractivity contribution in [3.63, 3.8) is 0 Å². The van der Waals surface area contributed by atoms with Crippen LogP contribution in [0.5, 0.6) is 0 Å². The molecule has 6 nitrogen and oxygen atoms in total. The van der Waals surface area contributed by atoms with Crippen molar-refractivity contribution in [2.24, 2.45) is 7.05 Å². The molecule has 1 saturated heterocycles. The first-order valence-electron chi connectivity index (χ1n) is 7.80. The average Bonchev–Trinajstić information content (AvgIpc) is 2.92. The summed E-state index contributed by atoms with van der Waals surface area (Å²) < 4.78 is 7.45. The first kappa shape index (κ1) is 14.1. The molecule has 0 N–H and O–H groups in total. The van der Waals surface area contributed by atoms with Crippen molar-refractivity contribution in [3.05, 3.63) is 36.2 Å². The lowest BCUT2D eigenvalue weighted by atomic mass is 10.2. The second-order valence-corrected chi connectivity index (χ2v) is 5.86. The molecule has 6 heteroatoms. The van der Waals surface area contributed by atoms with Crippen LogP contribution in [0.25, 0.3) is 22.4 Å². The number of anilines is 1. The second kappa shape index (κ2) is 5.62. The zero-order valence-electron chi connectivity index (χ0n) is 13.4. The highest BCUT2D eigenvalue weighted by atomic mass is 16.5. The highest BCUT2D eigenvalue weighted by Gasteiger charge is 2.15. The molecular formula is C17H19N5O. The van der Waals surface area contributed by atoms with Gasteiger partial charge in [0.25, 0.3) is 0 Å². The fraction of sp³-hybridized carbons (Fsp3) is 0.353. The van der Waals surface area contributed by atoms with E-state index in [1.807, 2.05) is 19.4 Å². The molecule has 1 aliphatic heterocycles. The van der Waals surface area contributed by atoms with E-state index in [9.17, 15) is 0 Å². The molecule has 0 atom stereocenters. The van der Waals surface area contributed by atoms with Crippen LogP contribution in [0.3, 0.4) is 0 Å². The van der Waals surface area contributed by atoms with E-state index in [0.29, 0.717) is 0 Å². The molecule has 0 bridgehead atoms. The summed E-state index contributed by atoms with van der Waals surface area (Å²) in [5.74, 6) is 1.64. The van der Waals surface area contributed by atoms with Crippen LogP contribution in [-0.2, 0) is 11.8 Å². The maximum Gasteiger partial charge on any atom is 0.225 e. The first-order valence-corrected chi connectivity index (χ1v) is 7.80. The van der Waals surface area contributed by atoms with Gasteiger partial charge >= 0.3 is 0 Å². The molecule has 0 saturated carbocycles. The number of imidazole rings is 1. The SMILES string of the molecule is Cc1ccc2c(c1)nc(-c1cnc(N3CCOCC3)nc1)n2C. The number of morpholine rings is 1. The normalized spacial score (nSPS) is 15.3. The third kappa shape index (κ3) is 2.55. The van der Waals surface area contributed by atoms with E-state index in [4.69, 9.17) is 9.72 Å². The summed E-state index contributed by atoms with van der Waals surface area (Å²) in [6.07, 6.45) is 3.71. The van der Waals surface area contributed by atoms with Crippen molar-refractivity contribution in [1.29, 1.82) is 0 Å². The number of hydrogen-bond acceptors (Lipinski definition) is 5. The summed E-state index contributed by atoms with van der Waals surface area (Å²) >= 11 is 0. The fourth-order valence-electron chi connectivity index (χ4n) is 2.93. The van der Waals surface area contributed by atoms with Crippen molar-refractivity contribution in [1.82, 2.24) is 19.5 Å². The Bertz CT molecular complexity index is 834. The summed E-state index contributed by atoms with van der Waals surface area (Å²) in [6.45, 7) is 5.22. The molecule has 1 aromatic carbocycles. The van der Waals surface area contributed by atoms with Crippen LogP contribution in [-0.4, -0.2) is 45.8 Å². The van der Waals surface area contributed by atoms with Gasteiger partial charge in [-0.05, 0) is 24.6 Å². The molecule has 1 aliphatic rings. The third-order valence-electron chi connectivity index (χ3n) is 4.23. The molecule has 4 rings (SSSR count). The fourth-order valence-corrected chi connectivity index (χ4v) is 2.93. The highest BCUT2D eigenvalue weighted by molar-refractivity contribution is 5.81. The monoisotopic (exact) mass is 309 g/mol. The molecule has 0 spiro atoms. The Morgan fingerprint density at radius 2 is 1.83 bits per heavy atom. The van der Waals surface area contributed by atoms with Crippen molar-refractivity contribution in [2.75, 3.05) is 31.2 Å². The van der Waals surface area contributed by atoms with Gasteiger partial charge in [0, 0.05) is 32.5 Å². The van der Waals surface area contributed by atoms with Crippen LogP contribution in [0.4, 0.5) is 5.95 Å². The summed E-state index contributed by atoms with van der Waals surface area (Å²) in [5, 5.41) is 0. The number of aryl methyl sites for hydroxylation is 2. The van der Waals surface area contributed by atoms with Gasteiger partial charge in [-0.25, -0.2) is 15.0 Å². The maximum absolute atomic E-state index is 5.36. The van der Waals surface area contributed by atoms with Gasteiger partial charge in [-0.15, -0.1) is 0 Å². The van der Waals surface area contributed by atoms with Crippen LogP contribution in [0.2, 0.25) is 0 Å². The number of benzene rings is 1. The molecule has 0 radical (unpaired) electrons. The van der Waals surface area contributed by atoms with E-state index in [2.05, 4.69) is 44.6 Å². The van der Waals surface area contributed by atoms with E-state index < -0.39 is 0 Å². The van der Waals surface area contributed by atoms with Gasteiger partial charge < -0.3 is 14.2 Å². The Kier molecular flexibility index (Phi) is 3.46. The maximum atomic E-state index is 5.36.